The minimum absolute atomic E-state index is 0.131. The number of halogens is 1. The van der Waals surface area contributed by atoms with Crippen molar-refractivity contribution >= 4 is 15.9 Å². The average Bonchev–Trinajstić information content (AvgIpc) is 2.74. The Morgan fingerprint density at radius 2 is 2.00 bits per heavy atom. The molecule has 16 heavy (non-hydrogen) atoms. The molecule has 0 aromatic heterocycles. The van der Waals surface area contributed by atoms with Crippen molar-refractivity contribution in [1.82, 2.24) is 0 Å². The van der Waals surface area contributed by atoms with Crippen LogP contribution in [0.5, 0.6) is 11.5 Å². The van der Waals surface area contributed by atoms with Gasteiger partial charge >= 0.3 is 0 Å². The Labute approximate surface area is 102 Å². The van der Waals surface area contributed by atoms with E-state index in [9.17, 15) is 9.90 Å². The Hall–Kier alpha value is -1.03. The second-order valence-electron chi connectivity index (χ2n) is 3.94. The summed E-state index contributed by atoms with van der Waals surface area (Å²) >= 11 is 3.09. The fourth-order valence-corrected chi connectivity index (χ4v) is 2.22. The van der Waals surface area contributed by atoms with Gasteiger partial charge in [-0.2, -0.15) is 0 Å². The van der Waals surface area contributed by atoms with Crippen LogP contribution in [-0.2, 0) is 0 Å². The zero-order chi connectivity index (χ0) is 11.5. The summed E-state index contributed by atoms with van der Waals surface area (Å²) in [6, 6.07) is 4.92. The molecular weight excluding hydrogens is 272 g/mol. The zero-order valence-corrected chi connectivity index (χ0v) is 10.4. The fourth-order valence-electron chi connectivity index (χ4n) is 1.88. The van der Waals surface area contributed by atoms with E-state index >= 15 is 0 Å². The van der Waals surface area contributed by atoms with Crippen molar-refractivity contribution in [2.24, 2.45) is 0 Å². The second-order valence-corrected chi connectivity index (χ2v) is 4.79. The predicted octanol–water partition coefficient (Wildman–Crippen LogP) is 2.84. The lowest BCUT2D eigenvalue weighted by molar-refractivity contribution is 0.202. The number of aromatic hydroxyl groups is 1. The van der Waals surface area contributed by atoms with Crippen LogP contribution in [0.15, 0.2) is 27.5 Å². The van der Waals surface area contributed by atoms with Crippen LogP contribution in [0.4, 0.5) is 0 Å². The molecule has 0 heterocycles. The lowest BCUT2D eigenvalue weighted by atomic mass is 10.3. The predicted molar refractivity (Wildman–Crippen MR) is 65.0 cm³/mol. The van der Waals surface area contributed by atoms with Gasteiger partial charge in [0, 0.05) is 0 Å². The van der Waals surface area contributed by atoms with Crippen molar-refractivity contribution < 1.29 is 9.84 Å². The third kappa shape index (κ3) is 2.38. The van der Waals surface area contributed by atoms with E-state index in [0.717, 1.165) is 25.7 Å². The van der Waals surface area contributed by atoms with Gasteiger partial charge in [-0.1, -0.05) is 6.07 Å². The van der Waals surface area contributed by atoms with Crippen molar-refractivity contribution in [1.29, 1.82) is 0 Å². The summed E-state index contributed by atoms with van der Waals surface area (Å²) in [5, 5.41) is 9.73. The highest BCUT2D eigenvalue weighted by atomic mass is 79.9. The van der Waals surface area contributed by atoms with Crippen molar-refractivity contribution in [2.75, 3.05) is 0 Å². The molecule has 0 unspecified atom stereocenters. The Morgan fingerprint density at radius 3 is 2.69 bits per heavy atom. The molecule has 3 nitrogen and oxygen atoms in total. The van der Waals surface area contributed by atoms with Crippen molar-refractivity contribution in [2.45, 2.75) is 31.8 Å². The van der Waals surface area contributed by atoms with E-state index in [2.05, 4.69) is 15.9 Å². The maximum absolute atomic E-state index is 11.6. The summed E-state index contributed by atoms with van der Waals surface area (Å²) in [6.07, 6.45) is 4.42. The van der Waals surface area contributed by atoms with Gasteiger partial charge in [-0.3, -0.25) is 4.79 Å². The maximum Gasteiger partial charge on any atom is 0.238 e. The molecule has 2 rings (SSSR count). The molecule has 0 atom stereocenters. The van der Waals surface area contributed by atoms with Gasteiger partial charge in [0.25, 0.3) is 0 Å². The molecule has 4 heteroatoms. The highest BCUT2D eigenvalue weighted by Crippen LogP contribution is 2.28. The van der Waals surface area contributed by atoms with Crippen molar-refractivity contribution in [3.05, 3.63) is 32.9 Å². The molecule has 1 aromatic carbocycles. The van der Waals surface area contributed by atoms with E-state index in [0.29, 0.717) is 4.47 Å². The van der Waals surface area contributed by atoms with E-state index in [-0.39, 0.29) is 17.6 Å². The summed E-state index contributed by atoms with van der Waals surface area (Å²) < 4.78 is 5.97. The minimum Gasteiger partial charge on any atom is -0.502 e. The van der Waals surface area contributed by atoms with E-state index in [1.807, 2.05) is 0 Å². The topological polar surface area (TPSA) is 46.5 Å². The standard InChI is InChI=1S/C12H13BrO3/c13-9-6-3-7-10(12(15)11(9)14)16-8-4-1-2-5-8/h3,6-8H,1-2,4-5H2,(H,14,15). The van der Waals surface area contributed by atoms with E-state index in [4.69, 9.17) is 4.74 Å². The maximum atomic E-state index is 11.6. The molecule has 0 radical (unpaired) electrons. The van der Waals surface area contributed by atoms with Crippen molar-refractivity contribution in [3.63, 3.8) is 0 Å². The van der Waals surface area contributed by atoms with Gasteiger partial charge in [-0.05, 0) is 53.7 Å². The minimum atomic E-state index is -0.432. The summed E-state index contributed by atoms with van der Waals surface area (Å²) in [5.41, 5.74) is -0.432. The van der Waals surface area contributed by atoms with Crippen LogP contribution in [-0.4, -0.2) is 11.2 Å². The van der Waals surface area contributed by atoms with Crippen LogP contribution >= 0.6 is 15.9 Å². The SMILES string of the molecule is O=c1c(Br)cccc(OC2CCCC2)c1O. The van der Waals surface area contributed by atoms with Crippen LogP contribution in [0.3, 0.4) is 0 Å². The van der Waals surface area contributed by atoms with Crippen LogP contribution in [0.1, 0.15) is 25.7 Å². The molecule has 0 spiro atoms. The van der Waals surface area contributed by atoms with Crippen LogP contribution < -0.4 is 10.2 Å². The molecule has 1 N–H and O–H groups in total. The van der Waals surface area contributed by atoms with E-state index in [1.165, 1.54) is 0 Å². The van der Waals surface area contributed by atoms with E-state index in [1.54, 1.807) is 18.2 Å². The van der Waals surface area contributed by atoms with Crippen LogP contribution in [0.25, 0.3) is 0 Å². The van der Waals surface area contributed by atoms with Gasteiger partial charge < -0.3 is 9.84 Å². The molecule has 1 saturated carbocycles. The smallest absolute Gasteiger partial charge is 0.238 e. The third-order valence-corrected chi connectivity index (χ3v) is 3.38. The molecule has 1 fully saturated rings. The lowest BCUT2D eigenvalue weighted by Gasteiger charge is -2.12. The number of hydrogen-bond acceptors (Lipinski definition) is 3. The highest BCUT2D eigenvalue weighted by molar-refractivity contribution is 9.10. The largest absolute Gasteiger partial charge is 0.502 e. The normalized spacial score (nSPS) is 16.3. The fraction of sp³-hybridized carbons (Fsp3) is 0.417. The molecular formula is C12H13BrO3. The summed E-state index contributed by atoms with van der Waals surface area (Å²) in [7, 11) is 0. The molecule has 0 amide bonds. The first-order chi connectivity index (χ1) is 7.68. The van der Waals surface area contributed by atoms with Gasteiger partial charge in [0.15, 0.2) is 5.75 Å². The number of hydrogen-bond donors (Lipinski definition) is 1. The Morgan fingerprint density at radius 1 is 1.31 bits per heavy atom. The van der Waals surface area contributed by atoms with Crippen molar-refractivity contribution in [3.8, 4) is 11.5 Å². The number of ether oxygens (including phenoxy) is 1. The first kappa shape index (κ1) is 11.5. The quantitative estimate of drug-likeness (QED) is 0.908. The zero-order valence-electron chi connectivity index (χ0n) is 8.78. The van der Waals surface area contributed by atoms with Gasteiger partial charge in [0.05, 0.1) is 10.6 Å². The monoisotopic (exact) mass is 284 g/mol. The molecule has 86 valence electrons. The molecule has 0 aliphatic heterocycles. The average molecular weight is 285 g/mol. The molecule has 0 bridgehead atoms. The summed E-state index contributed by atoms with van der Waals surface area (Å²) in [5.74, 6) is -0.0358. The van der Waals surface area contributed by atoms with Gasteiger partial charge in [0.1, 0.15) is 0 Å². The van der Waals surface area contributed by atoms with Gasteiger partial charge in [0.2, 0.25) is 11.2 Å². The first-order valence-corrected chi connectivity index (χ1v) is 6.16. The number of rotatable bonds is 2. The highest BCUT2D eigenvalue weighted by Gasteiger charge is 2.18. The molecule has 1 aromatic rings. The summed E-state index contributed by atoms with van der Waals surface area (Å²) in [6.45, 7) is 0. The first-order valence-electron chi connectivity index (χ1n) is 5.37. The molecule has 1 aliphatic rings. The molecule has 0 saturated heterocycles. The second kappa shape index (κ2) is 4.87. The Kier molecular flexibility index (Phi) is 3.49. The van der Waals surface area contributed by atoms with Gasteiger partial charge in [-0.15, -0.1) is 0 Å². The Balaban J connectivity index is 2.31. The molecule has 1 aliphatic carbocycles. The van der Waals surface area contributed by atoms with Gasteiger partial charge in [-0.25, -0.2) is 0 Å². The lowest BCUT2D eigenvalue weighted by Crippen LogP contribution is -2.11. The third-order valence-electron chi connectivity index (χ3n) is 2.75. The van der Waals surface area contributed by atoms with Crippen LogP contribution in [0, 0.1) is 0 Å². The summed E-state index contributed by atoms with van der Waals surface area (Å²) in [4.78, 5) is 11.6. The van der Waals surface area contributed by atoms with E-state index < -0.39 is 5.43 Å². The Bertz CT molecular complexity index is 439. The van der Waals surface area contributed by atoms with Crippen LogP contribution in [0.2, 0.25) is 0 Å².